The average Bonchev–Trinajstić information content (AvgIpc) is 2.44. The molecule has 0 aromatic heterocycles. The number of ether oxygens (including phenoxy) is 1. The molecule has 0 radical (unpaired) electrons. The van der Waals surface area contributed by atoms with Gasteiger partial charge in [0.1, 0.15) is 0 Å². The van der Waals surface area contributed by atoms with E-state index in [-0.39, 0.29) is 6.61 Å². The van der Waals surface area contributed by atoms with Gasteiger partial charge in [-0.05, 0) is 17.7 Å². The Kier molecular flexibility index (Phi) is 7.87. The maximum Gasteiger partial charge on any atom is 0.0589 e. The number of rotatable bonds is 7. The van der Waals surface area contributed by atoms with Gasteiger partial charge in [-0.25, -0.2) is 0 Å². The van der Waals surface area contributed by atoms with E-state index in [1.54, 1.807) is 7.11 Å². The van der Waals surface area contributed by atoms with Gasteiger partial charge in [0.2, 0.25) is 0 Å². The van der Waals surface area contributed by atoms with Gasteiger partial charge in [-0.15, -0.1) is 0 Å². The van der Waals surface area contributed by atoms with Crippen molar-refractivity contribution in [3.63, 3.8) is 0 Å². The fourth-order valence-corrected chi connectivity index (χ4v) is 1.74. The highest BCUT2D eigenvalue weighted by Gasteiger charge is 2.05. The molecule has 104 valence electrons. The van der Waals surface area contributed by atoms with Crippen molar-refractivity contribution in [2.75, 3.05) is 40.0 Å². The summed E-state index contributed by atoms with van der Waals surface area (Å²) in [4.78, 5) is 2.16. The van der Waals surface area contributed by atoms with Crippen LogP contribution in [0.4, 0.5) is 0 Å². The molecular formula is C15H22N2O2. The summed E-state index contributed by atoms with van der Waals surface area (Å²) in [5.74, 6) is 5.83. The van der Waals surface area contributed by atoms with Gasteiger partial charge in [0, 0.05) is 32.3 Å². The van der Waals surface area contributed by atoms with Gasteiger partial charge >= 0.3 is 0 Å². The quantitative estimate of drug-likeness (QED) is 0.700. The summed E-state index contributed by atoms with van der Waals surface area (Å²) in [6.45, 7) is 3.46. The standard InChI is InChI=1S/C15H22N2O2/c1-19-12-10-17(9-11-18)13-15-6-4-14(5-7-15)3-2-8-16/h4-7,18H,8-13,16H2,1H3. The fourth-order valence-electron chi connectivity index (χ4n) is 1.74. The smallest absolute Gasteiger partial charge is 0.0589 e. The molecule has 0 aliphatic carbocycles. The minimum atomic E-state index is 0.157. The Morgan fingerprint density at radius 1 is 1.26 bits per heavy atom. The number of aliphatic hydroxyl groups excluding tert-OH is 1. The minimum Gasteiger partial charge on any atom is -0.395 e. The second-order valence-electron chi connectivity index (χ2n) is 4.20. The predicted octanol–water partition coefficient (Wildman–Crippen LogP) is 0.438. The van der Waals surface area contributed by atoms with Crippen molar-refractivity contribution in [2.24, 2.45) is 5.73 Å². The molecule has 4 nitrogen and oxygen atoms in total. The second-order valence-corrected chi connectivity index (χ2v) is 4.20. The van der Waals surface area contributed by atoms with E-state index >= 15 is 0 Å². The molecule has 0 saturated carbocycles. The molecule has 19 heavy (non-hydrogen) atoms. The molecule has 0 atom stereocenters. The molecule has 0 fully saturated rings. The Balaban J connectivity index is 2.58. The lowest BCUT2D eigenvalue weighted by atomic mass is 10.1. The first-order valence-corrected chi connectivity index (χ1v) is 6.40. The van der Waals surface area contributed by atoms with Gasteiger partial charge in [0.15, 0.2) is 0 Å². The maximum atomic E-state index is 9.04. The van der Waals surface area contributed by atoms with E-state index < -0.39 is 0 Å². The van der Waals surface area contributed by atoms with Crippen molar-refractivity contribution in [3.8, 4) is 11.8 Å². The van der Waals surface area contributed by atoms with Crippen LogP contribution < -0.4 is 5.73 Å². The molecule has 0 saturated heterocycles. The van der Waals surface area contributed by atoms with Crippen molar-refractivity contribution in [3.05, 3.63) is 35.4 Å². The van der Waals surface area contributed by atoms with Gasteiger partial charge < -0.3 is 15.6 Å². The molecule has 0 aliphatic rings. The Morgan fingerprint density at radius 3 is 2.58 bits per heavy atom. The third-order valence-corrected chi connectivity index (χ3v) is 2.72. The number of aliphatic hydroxyl groups is 1. The van der Waals surface area contributed by atoms with Gasteiger partial charge in [-0.3, -0.25) is 4.90 Å². The molecule has 3 N–H and O–H groups in total. The summed E-state index contributed by atoms with van der Waals surface area (Å²) < 4.78 is 5.07. The predicted molar refractivity (Wildman–Crippen MR) is 76.6 cm³/mol. The highest BCUT2D eigenvalue weighted by molar-refractivity contribution is 5.36. The molecule has 0 spiro atoms. The number of nitrogens with zero attached hydrogens (tertiary/aromatic N) is 1. The molecule has 0 unspecified atom stereocenters. The van der Waals surface area contributed by atoms with Gasteiger partial charge in [-0.1, -0.05) is 24.0 Å². The third-order valence-electron chi connectivity index (χ3n) is 2.72. The van der Waals surface area contributed by atoms with E-state index in [0.717, 1.165) is 18.7 Å². The summed E-state index contributed by atoms with van der Waals surface area (Å²) >= 11 is 0. The van der Waals surface area contributed by atoms with Crippen molar-refractivity contribution < 1.29 is 9.84 Å². The monoisotopic (exact) mass is 262 g/mol. The molecule has 0 bridgehead atoms. The highest BCUT2D eigenvalue weighted by Crippen LogP contribution is 2.07. The zero-order valence-corrected chi connectivity index (χ0v) is 11.4. The summed E-state index contributed by atoms with van der Waals surface area (Å²) in [6, 6.07) is 8.09. The van der Waals surface area contributed by atoms with Gasteiger partial charge in [0.25, 0.3) is 0 Å². The largest absolute Gasteiger partial charge is 0.395 e. The molecule has 4 heteroatoms. The van der Waals surface area contributed by atoms with Crippen LogP contribution in [0.5, 0.6) is 0 Å². The fraction of sp³-hybridized carbons (Fsp3) is 0.467. The van der Waals surface area contributed by atoms with Crippen LogP contribution in [0.3, 0.4) is 0 Å². The summed E-state index contributed by atoms with van der Waals surface area (Å²) in [5.41, 5.74) is 7.51. The van der Waals surface area contributed by atoms with E-state index in [9.17, 15) is 0 Å². The third kappa shape index (κ3) is 6.37. The van der Waals surface area contributed by atoms with E-state index in [2.05, 4.69) is 28.9 Å². The van der Waals surface area contributed by atoms with Gasteiger partial charge in [-0.2, -0.15) is 0 Å². The Labute approximate surface area is 115 Å². The van der Waals surface area contributed by atoms with Crippen LogP contribution in [0.2, 0.25) is 0 Å². The molecule has 0 heterocycles. The van der Waals surface area contributed by atoms with E-state index in [4.69, 9.17) is 15.6 Å². The molecule has 0 aliphatic heterocycles. The van der Waals surface area contributed by atoms with Crippen LogP contribution in [-0.2, 0) is 11.3 Å². The van der Waals surface area contributed by atoms with E-state index in [0.29, 0.717) is 19.7 Å². The van der Waals surface area contributed by atoms with Crippen LogP contribution in [0, 0.1) is 11.8 Å². The minimum absolute atomic E-state index is 0.157. The van der Waals surface area contributed by atoms with E-state index in [1.807, 2.05) is 12.1 Å². The van der Waals surface area contributed by atoms with Crippen molar-refractivity contribution >= 4 is 0 Å². The van der Waals surface area contributed by atoms with Crippen molar-refractivity contribution in [1.29, 1.82) is 0 Å². The molecule has 1 aromatic rings. The van der Waals surface area contributed by atoms with Crippen molar-refractivity contribution in [2.45, 2.75) is 6.54 Å². The summed E-state index contributed by atoms with van der Waals surface area (Å²) in [5, 5.41) is 9.04. The Hall–Kier alpha value is -1.38. The number of hydrogen-bond donors (Lipinski definition) is 2. The zero-order chi connectivity index (χ0) is 13.9. The van der Waals surface area contributed by atoms with Crippen LogP contribution in [0.25, 0.3) is 0 Å². The first-order valence-electron chi connectivity index (χ1n) is 6.40. The number of benzene rings is 1. The lowest BCUT2D eigenvalue weighted by Gasteiger charge is -2.20. The zero-order valence-electron chi connectivity index (χ0n) is 11.4. The topological polar surface area (TPSA) is 58.7 Å². The SMILES string of the molecule is COCCN(CCO)Cc1ccc(C#CCN)cc1. The second kappa shape index (κ2) is 9.54. The Morgan fingerprint density at radius 2 is 2.00 bits per heavy atom. The average molecular weight is 262 g/mol. The summed E-state index contributed by atoms with van der Waals surface area (Å²) in [6.07, 6.45) is 0. The number of nitrogens with two attached hydrogens (primary N) is 1. The summed E-state index contributed by atoms with van der Waals surface area (Å²) in [7, 11) is 1.68. The van der Waals surface area contributed by atoms with Crippen LogP contribution in [0.1, 0.15) is 11.1 Å². The molecule has 1 aromatic carbocycles. The lowest BCUT2D eigenvalue weighted by Crippen LogP contribution is -2.29. The normalized spacial score (nSPS) is 10.3. The van der Waals surface area contributed by atoms with Crippen LogP contribution in [-0.4, -0.2) is 50.0 Å². The molecular weight excluding hydrogens is 240 g/mol. The Bertz CT molecular complexity index is 406. The number of methoxy groups -OCH3 is 1. The maximum absolute atomic E-state index is 9.04. The molecule has 1 rings (SSSR count). The van der Waals surface area contributed by atoms with Crippen molar-refractivity contribution in [1.82, 2.24) is 4.90 Å². The molecule has 0 amide bonds. The first-order chi connectivity index (χ1) is 9.30. The van der Waals surface area contributed by atoms with Crippen LogP contribution in [0.15, 0.2) is 24.3 Å². The first kappa shape index (κ1) is 15.7. The number of hydrogen-bond acceptors (Lipinski definition) is 4. The van der Waals surface area contributed by atoms with Gasteiger partial charge in [0.05, 0.1) is 19.8 Å². The van der Waals surface area contributed by atoms with Crippen LogP contribution >= 0.6 is 0 Å². The lowest BCUT2D eigenvalue weighted by molar-refractivity contribution is 0.127. The highest BCUT2D eigenvalue weighted by atomic mass is 16.5. The van der Waals surface area contributed by atoms with E-state index in [1.165, 1.54) is 5.56 Å².